The molecular formula is C17H21N3O2. The lowest BCUT2D eigenvalue weighted by Crippen LogP contribution is -2.46. The van der Waals surface area contributed by atoms with E-state index >= 15 is 0 Å². The molecule has 1 saturated heterocycles. The van der Waals surface area contributed by atoms with Crippen LogP contribution in [0.3, 0.4) is 0 Å². The minimum Gasteiger partial charge on any atom is -0.507 e. The van der Waals surface area contributed by atoms with E-state index in [1.165, 1.54) is 0 Å². The van der Waals surface area contributed by atoms with Crippen LogP contribution in [0.25, 0.3) is 11.3 Å². The second-order valence-electron chi connectivity index (χ2n) is 6.25. The van der Waals surface area contributed by atoms with Gasteiger partial charge in [0, 0.05) is 24.6 Å². The van der Waals surface area contributed by atoms with Crippen LogP contribution in [-0.4, -0.2) is 45.4 Å². The number of benzene rings is 1. The molecule has 1 aliphatic rings. The zero-order valence-electron chi connectivity index (χ0n) is 13.1. The van der Waals surface area contributed by atoms with Gasteiger partial charge in [0.05, 0.1) is 11.4 Å². The van der Waals surface area contributed by atoms with Crippen LogP contribution in [0.4, 0.5) is 0 Å². The van der Waals surface area contributed by atoms with Crippen molar-refractivity contribution in [3.8, 4) is 17.0 Å². The van der Waals surface area contributed by atoms with E-state index in [-0.39, 0.29) is 11.7 Å². The van der Waals surface area contributed by atoms with E-state index in [9.17, 15) is 10.2 Å². The number of nitrogens with zero attached hydrogens (tertiary/aromatic N) is 3. The first-order chi connectivity index (χ1) is 10.5. The number of aromatic hydroxyl groups is 1. The number of likely N-dealkylation sites (tertiary alicyclic amines) is 1. The van der Waals surface area contributed by atoms with Crippen molar-refractivity contribution in [1.82, 2.24) is 15.1 Å². The quantitative estimate of drug-likeness (QED) is 0.908. The summed E-state index contributed by atoms with van der Waals surface area (Å²) in [5, 5.41) is 28.9. The minimum absolute atomic E-state index is 0.200. The molecule has 0 bridgehead atoms. The first kappa shape index (κ1) is 14.9. The van der Waals surface area contributed by atoms with Crippen molar-refractivity contribution in [2.45, 2.75) is 20.0 Å². The Bertz CT molecular complexity index is 696. The molecule has 5 heteroatoms. The number of aliphatic hydroxyl groups excluding tert-OH is 1. The van der Waals surface area contributed by atoms with Crippen LogP contribution < -0.4 is 0 Å². The summed E-state index contributed by atoms with van der Waals surface area (Å²) in [6.45, 7) is 5.61. The van der Waals surface area contributed by atoms with Gasteiger partial charge in [-0.2, -0.15) is 5.10 Å². The molecule has 2 heterocycles. The van der Waals surface area contributed by atoms with Crippen LogP contribution in [0.1, 0.15) is 22.9 Å². The van der Waals surface area contributed by atoms with E-state index in [1.54, 1.807) is 6.07 Å². The third-order valence-electron chi connectivity index (χ3n) is 4.25. The van der Waals surface area contributed by atoms with Crippen LogP contribution in [0.2, 0.25) is 0 Å². The van der Waals surface area contributed by atoms with E-state index in [0.717, 1.165) is 24.2 Å². The van der Waals surface area contributed by atoms with Gasteiger partial charge < -0.3 is 15.1 Å². The smallest absolute Gasteiger partial charge is 0.125 e. The van der Waals surface area contributed by atoms with Gasteiger partial charge >= 0.3 is 0 Å². The molecule has 0 spiro atoms. The summed E-state index contributed by atoms with van der Waals surface area (Å²) in [7, 11) is 2.03. The summed E-state index contributed by atoms with van der Waals surface area (Å²) in [6, 6.07) is 7.36. The first-order valence-corrected chi connectivity index (χ1v) is 7.46. The number of aromatic nitrogens is 2. The highest BCUT2D eigenvalue weighted by Gasteiger charge is 2.32. The molecule has 1 aromatic carbocycles. The maximum absolute atomic E-state index is 10.4. The number of hydrogen-bond acceptors (Lipinski definition) is 5. The molecule has 2 N–H and O–H groups in total. The lowest BCUT2D eigenvalue weighted by molar-refractivity contribution is 0.00618. The standard InChI is InChI=1S/C17H21N3O2/c1-10-4-5-13(15(21)6-10)16-11(2)7-14(18-19-16)17(22)12-8-20(3)9-12/h4-7,12,17,21-22H,8-9H2,1-3H3. The molecule has 0 radical (unpaired) electrons. The lowest BCUT2D eigenvalue weighted by Gasteiger charge is -2.38. The molecule has 2 aromatic rings. The molecule has 1 atom stereocenters. The normalized spacial score (nSPS) is 17.3. The highest BCUT2D eigenvalue weighted by Crippen LogP contribution is 2.32. The van der Waals surface area contributed by atoms with Crippen LogP contribution >= 0.6 is 0 Å². The summed E-state index contributed by atoms with van der Waals surface area (Å²) in [5.41, 5.74) is 3.81. The number of phenols is 1. The molecule has 1 aromatic heterocycles. The zero-order chi connectivity index (χ0) is 15.9. The highest BCUT2D eigenvalue weighted by molar-refractivity contribution is 5.69. The second kappa shape index (κ2) is 5.66. The van der Waals surface area contributed by atoms with Crippen molar-refractivity contribution in [1.29, 1.82) is 0 Å². The monoisotopic (exact) mass is 299 g/mol. The predicted octanol–water partition coefficient (Wildman–Crippen LogP) is 2.06. The summed E-state index contributed by atoms with van der Waals surface area (Å²) in [4.78, 5) is 2.16. The van der Waals surface area contributed by atoms with E-state index in [4.69, 9.17) is 0 Å². The third kappa shape index (κ3) is 2.69. The minimum atomic E-state index is -0.580. The van der Waals surface area contributed by atoms with Crippen molar-refractivity contribution in [2.75, 3.05) is 20.1 Å². The fourth-order valence-electron chi connectivity index (χ4n) is 2.95. The van der Waals surface area contributed by atoms with Gasteiger partial charge in [-0.3, -0.25) is 0 Å². The number of aliphatic hydroxyl groups is 1. The van der Waals surface area contributed by atoms with Crippen LogP contribution in [0.5, 0.6) is 5.75 Å². The van der Waals surface area contributed by atoms with Crippen LogP contribution in [-0.2, 0) is 0 Å². The van der Waals surface area contributed by atoms with Gasteiger partial charge in [-0.1, -0.05) is 6.07 Å². The second-order valence-corrected chi connectivity index (χ2v) is 6.25. The Hall–Kier alpha value is -1.98. The molecular weight excluding hydrogens is 278 g/mol. The molecule has 0 amide bonds. The SMILES string of the molecule is Cc1ccc(-c2nnc(C(O)C3CN(C)C3)cc2C)c(O)c1. The Balaban J connectivity index is 1.89. The largest absolute Gasteiger partial charge is 0.507 e. The van der Waals surface area contributed by atoms with E-state index in [1.807, 2.05) is 39.1 Å². The van der Waals surface area contributed by atoms with Crippen molar-refractivity contribution < 1.29 is 10.2 Å². The van der Waals surface area contributed by atoms with E-state index in [0.29, 0.717) is 17.0 Å². The fourth-order valence-corrected chi connectivity index (χ4v) is 2.95. The number of rotatable bonds is 3. The fraction of sp³-hybridized carbons (Fsp3) is 0.412. The number of phenolic OH excluding ortho intramolecular Hbond substituents is 1. The Morgan fingerprint density at radius 2 is 1.91 bits per heavy atom. The Labute approximate surface area is 130 Å². The molecule has 0 aliphatic carbocycles. The van der Waals surface area contributed by atoms with E-state index < -0.39 is 6.10 Å². The summed E-state index contributed by atoms with van der Waals surface area (Å²) < 4.78 is 0. The van der Waals surface area contributed by atoms with Crippen molar-refractivity contribution >= 4 is 0 Å². The van der Waals surface area contributed by atoms with Crippen molar-refractivity contribution in [2.24, 2.45) is 5.92 Å². The molecule has 1 unspecified atom stereocenters. The lowest BCUT2D eigenvalue weighted by atomic mass is 9.91. The Kier molecular flexibility index (Phi) is 3.85. The molecule has 1 fully saturated rings. The summed E-state index contributed by atoms with van der Waals surface area (Å²) in [5.74, 6) is 0.420. The highest BCUT2D eigenvalue weighted by atomic mass is 16.3. The first-order valence-electron chi connectivity index (χ1n) is 7.46. The maximum Gasteiger partial charge on any atom is 0.125 e. The van der Waals surface area contributed by atoms with Gasteiger partial charge in [-0.25, -0.2) is 0 Å². The molecule has 5 nitrogen and oxygen atoms in total. The Morgan fingerprint density at radius 1 is 1.18 bits per heavy atom. The average Bonchev–Trinajstić information content (AvgIpc) is 2.44. The maximum atomic E-state index is 10.4. The van der Waals surface area contributed by atoms with Crippen molar-refractivity contribution in [3.63, 3.8) is 0 Å². The molecule has 3 rings (SSSR count). The predicted molar refractivity (Wildman–Crippen MR) is 84.6 cm³/mol. The Morgan fingerprint density at radius 3 is 2.50 bits per heavy atom. The van der Waals surface area contributed by atoms with Gasteiger partial charge in [0.2, 0.25) is 0 Å². The van der Waals surface area contributed by atoms with Crippen molar-refractivity contribution in [3.05, 3.63) is 41.1 Å². The summed E-state index contributed by atoms with van der Waals surface area (Å²) in [6.07, 6.45) is -0.580. The molecule has 1 aliphatic heterocycles. The van der Waals surface area contributed by atoms with Gasteiger partial charge in [0.25, 0.3) is 0 Å². The summed E-state index contributed by atoms with van der Waals surface area (Å²) >= 11 is 0. The topological polar surface area (TPSA) is 69.5 Å². The van der Waals surface area contributed by atoms with Crippen LogP contribution in [0, 0.1) is 19.8 Å². The van der Waals surface area contributed by atoms with E-state index in [2.05, 4.69) is 15.1 Å². The zero-order valence-corrected chi connectivity index (χ0v) is 13.1. The molecule has 116 valence electrons. The molecule has 22 heavy (non-hydrogen) atoms. The molecule has 0 saturated carbocycles. The van der Waals surface area contributed by atoms with Gasteiger partial charge in [0.1, 0.15) is 11.9 Å². The van der Waals surface area contributed by atoms with Crippen LogP contribution in [0.15, 0.2) is 24.3 Å². The third-order valence-corrected chi connectivity index (χ3v) is 4.25. The average molecular weight is 299 g/mol. The number of aryl methyl sites for hydroxylation is 2. The number of hydrogen-bond donors (Lipinski definition) is 2. The van der Waals surface area contributed by atoms with Gasteiger partial charge in [0.15, 0.2) is 0 Å². The van der Waals surface area contributed by atoms with Gasteiger partial charge in [-0.15, -0.1) is 5.10 Å². The van der Waals surface area contributed by atoms with Gasteiger partial charge in [-0.05, 0) is 50.2 Å².